The fourth-order valence-electron chi connectivity index (χ4n) is 2.05. The third-order valence-corrected chi connectivity index (χ3v) is 4.58. The van der Waals surface area contributed by atoms with Crippen molar-refractivity contribution in [3.05, 3.63) is 35.9 Å². The van der Waals surface area contributed by atoms with Gasteiger partial charge in [0.25, 0.3) is 0 Å². The van der Waals surface area contributed by atoms with Crippen LogP contribution in [0.5, 0.6) is 0 Å². The zero-order chi connectivity index (χ0) is 15.9. The third-order valence-electron chi connectivity index (χ3n) is 2.90. The zero-order valence-electron chi connectivity index (χ0n) is 13.7. The summed E-state index contributed by atoms with van der Waals surface area (Å²) in [7, 11) is 4.62. The van der Waals surface area contributed by atoms with Crippen molar-refractivity contribution in [3.63, 3.8) is 0 Å². The number of guanidine groups is 1. The number of rotatable bonds is 6. The van der Waals surface area contributed by atoms with Crippen LogP contribution in [0.1, 0.15) is 12.0 Å². The van der Waals surface area contributed by atoms with Crippen LogP contribution in [0.3, 0.4) is 0 Å². The van der Waals surface area contributed by atoms with Gasteiger partial charge in [-0.05, 0) is 12.0 Å². The maximum Gasteiger partial charge on any atom is 0.195 e. The highest BCUT2D eigenvalue weighted by molar-refractivity contribution is 14.0. The van der Waals surface area contributed by atoms with Crippen LogP contribution < -0.4 is 0 Å². The normalized spacial score (nSPS) is 10.5. The molecule has 1 rings (SSSR count). The van der Waals surface area contributed by atoms with E-state index in [9.17, 15) is 8.42 Å². The van der Waals surface area contributed by atoms with Crippen LogP contribution in [0.2, 0.25) is 0 Å². The average molecular weight is 439 g/mol. The Balaban J connectivity index is 0.00000441. The molecule has 0 saturated carbocycles. The minimum absolute atomic E-state index is 0. The molecule has 0 unspecified atom stereocenters. The molecule has 0 atom stereocenters. The van der Waals surface area contributed by atoms with Gasteiger partial charge in [-0.15, -0.1) is 24.0 Å². The monoisotopic (exact) mass is 439 g/mol. The van der Waals surface area contributed by atoms with Crippen LogP contribution in [-0.2, 0) is 15.6 Å². The molecule has 5 nitrogen and oxygen atoms in total. The summed E-state index contributed by atoms with van der Waals surface area (Å²) in [6.45, 7) is 0.514. The molecule has 0 saturated heterocycles. The number of hydrogen-bond acceptors (Lipinski definition) is 3. The molecular formula is C15H26IN3O2S. The Bertz CT molecular complexity index is 547. The van der Waals surface area contributed by atoms with Crippen molar-refractivity contribution in [2.45, 2.75) is 12.2 Å². The first kappa shape index (κ1) is 21.2. The van der Waals surface area contributed by atoms with Gasteiger partial charge in [-0.1, -0.05) is 30.3 Å². The van der Waals surface area contributed by atoms with Crippen LogP contribution >= 0.6 is 24.0 Å². The fraction of sp³-hybridized carbons (Fsp3) is 0.533. The second kappa shape index (κ2) is 10.0. The van der Waals surface area contributed by atoms with E-state index in [2.05, 4.69) is 4.99 Å². The highest BCUT2D eigenvalue weighted by Crippen LogP contribution is 2.07. The number of benzene rings is 1. The lowest BCUT2D eigenvalue weighted by molar-refractivity contribution is 0.479. The van der Waals surface area contributed by atoms with Crippen LogP contribution in [-0.4, -0.2) is 64.7 Å². The fourth-order valence-corrected chi connectivity index (χ4v) is 3.46. The van der Waals surface area contributed by atoms with Gasteiger partial charge in [-0.2, -0.15) is 0 Å². The summed E-state index contributed by atoms with van der Waals surface area (Å²) >= 11 is 0. The standard InChI is InChI=1S/C15H25N3O2S.HI/c1-17(2)15(18(3)4)16-11-8-12-21(19,20)13-14-9-6-5-7-10-14;/h5-7,9-10H,8,11-13H2,1-4H3;1H. The van der Waals surface area contributed by atoms with Crippen LogP contribution in [0.25, 0.3) is 0 Å². The lowest BCUT2D eigenvalue weighted by atomic mass is 10.2. The van der Waals surface area contributed by atoms with Crippen molar-refractivity contribution in [1.29, 1.82) is 0 Å². The molecule has 22 heavy (non-hydrogen) atoms. The van der Waals surface area contributed by atoms with Crippen molar-refractivity contribution in [1.82, 2.24) is 9.80 Å². The van der Waals surface area contributed by atoms with Gasteiger partial charge in [0.05, 0.1) is 11.5 Å². The van der Waals surface area contributed by atoms with Crippen molar-refractivity contribution in [2.75, 3.05) is 40.5 Å². The first-order chi connectivity index (χ1) is 9.82. The molecule has 0 spiro atoms. The molecule has 0 aliphatic rings. The lowest BCUT2D eigenvalue weighted by Gasteiger charge is -2.22. The summed E-state index contributed by atoms with van der Waals surface area (Å²) in [5, 5.41) is 0. The molecule has 1 aromatic rings. The van der Waals surface area contributed by atoms with Crippen LogP contribution in [0, 0.1) is 0 Å². The number of aliphatic imine (C=N–C) groups is 1. The van der Waals surface area contributed by atoms with Gasteiger partial charge in [0.2, 0.25) is 0 Å². The summed E-state index contributed by atoms with van der Waals surface area (Å²) < 4.78 is 24.1. The molecule has 0 aliphatic carbocycles. The summed E-state index contributed by atoms with van der Waals surface area (Å²) in [5.41, 5.74) is 0.836. The number of sulfone groups is 1. The lowest BCUT2D eigenvalue weighted by Crippen LogP contribution is -2.35. The Morgan fingerprint density at radius 1 is 1.05 bits per heavy atom. The second-order valence-electron chi connectivity index (χ2n) is 5.40. The number of nitrogens with zero attached hydrogens (tertiary/aromatic N) is 3. The highest BCUT2D eigenvalue weighted by Gasteiger charge is 2.11. The predicted molar refractivity (Wildman–Crippen MR) is 104 cm³/mol. The highest BCUT2D eigenvalue weighted by atomic mass is 127. The number of halogens is 1. The first-order valence-corrected chi connectivity index (χ1v) is 8.77. The van der Waals surface area contributed by atoms with Gasteiger partial charge in [0.15, 0.2) is 15.8 Å². The minimum Gasteiger partial charge on any atom is -0.349 e. The van der Waals surface area contributed by atoms with E-state index in [-0.39, 0.29) is 35.5 Å². The molecule has 0 fully saturated rings. The maximum atomic E-state index is 12.0. The summed E-state index contributed by atoms with van der Waals surface area (Å²) in [6, 6.07) is 9.28. The van der Waals surface area contributed by atoms with Gasteiger partial charge in [-0.3, -0.25) is 4.99 Å². The van der Waals surface area contributed by atoms with Gasteiger partial charge in [0, 0.05) is 34.7 Å². The zero-order valence-corrected chi connectivity index (χ0v) is 16.8. The van der Waals surface area contributed by atoms with E-state index in [0.717, 1.165) is 11.5 Å². The van der Waals surface area contributed by atoms with E-state index in [1.54, 1.807) is 0 Å². The van der Waals surface area contributed by atoms with Crippen molar-refractivity contribution in [2.24, 2.45) is 4.99 Å². The van der Waals surface area contributed by atoms with Crippen LogP contribution in [0.4, 0.5) is 0 Å². The van der Waals surface area contributed by atoms with Gasteiger partial charge in [0.1, 0.15) is 0 Å². The van der Waals surface area contributed by atoms with Gasteiger partial charge < -0.3 is 9.80 Å². The van der Waals surface area contributed by atoms with E-state index < -0.39 is 9.84 Å². The summed E-state index contributed by atoms with van der Waals surface area (Å²) in [4.78, 5) is 8.27. The van der Waals surface area contributed by atoms with Crippen molar-refractivity contribution < 1.29 is 8.42 Å². The Morgan fingerprint density at radius 2 is 1.59 bits per heavy atom. The van der Waals surface area contributed by atoms with E-state index in [1.165, 1.54) is 0 Å². The molecule has 0 heterocycles. The van der Waals surface area contributed by atoms with Gasteiger partial charge >= 0.3 is 0 Å². The Hall–Kier alpha value is -0.830. The predicted octanol–water partition coefficient (Wildman–Crippen LogP) is 2.09. The largest absolute Gasteiger partial charge is 0.349 e. The Kier molecular flexibility index (Phi) is 9.66. The molecule has 0 N–H and O–H groups in total. The molecule has 0 aliphatic heterocycles. The molecule has 7 heteroatoms. The molecular weight excluding hydrogens is 413 g/mol. The average Bonchev–Trinajstić information content (AvgIpc) is 2.38. The molecule has 0 aromatic heterocycles. The topological polar surface area (TPSA) is 53.0 Å². The van der Waals surface area contributed by atoms with E-state index in [4.69, 9.17) is 0 Å². The summed E-state index contributed by atoms with van der Waals surface area (Å²) in [6.07, 6.45) is 0.542. The van der Waals surface area contributed by atoms with Gasteiger partial charge in [-0.25, -0.2) is 8.42 Å². The SMILES string of the molecule is CN(C)C(=NCCCS(=O)(=O)Cc1ccccc1)N(C)C.I. The Labute approximate surface area is 151 Å². The van der Waals surface area contributed by atoms with E-state index >= 15 is 0 Å². The maximum absolute atomic E-state index is 12.0. The quantitative estimate of drug-likeness (QED) is 0.295. The molecule has 0 bridgehead atoms. The number of hydrogen-bond donors (Lipinski definition) is 0. The molecule has 126 valence electrons. The summed E-state index contributed by atoms with van der Waals surface area (Å²) in [5.74, 6) is 1.11. The molecule has 1 aromatic carbocycles. The van der Waals surface area contributed by atoms with E-state index in [0.29, 0.717) is 13.0 Å². The third kappa shape index (κ3) is 7.98. The minimum atomic E-state index is -3.07. The molecule has 0 radical (unpaired) electrons. The Morgan fingerprint density at radius 3 is 2.09 bits per heavy atom. The second-order valence-corrected chi connectivity index (χ2v) is 7.59. The first-order valence-electron chi connectivity index (χ1n) is 6.95. The van der Waals surface area contributed by atoms with E-state index in [1.807, 2.05) is 68.3 Å². The van der Waals surface area contributed by atoms with Crippen LogP contribution in [0.15, 0.2) is 35.3 Å². The molecule has 0 amide bonds. The van der Waals surface area contributed by atoms with Crippen molar-refractivity contribution in [3.8, 4) is 0 Å². The van der Waals surface area contributed by atoms with Crippen molar-refractivity contribution >= 4 is 39.8 Å². The smallest absolute Gasteiger partial charge is 0.195 e.